The number of benzene rings is 3. The number of pyridine rings is 1. The molecular formula is C32H26Cl2N8O. The molecule has 6 rings (SSSR count). The Morgan fingerprint density at radius 2 is 1.81 bits per heavy atom. The number of hydrogen-bond donors (Lipinski definition) is 2. The molecule has 0 spiro atoms. The summed E-state index contributed by atoms with van der Waals surface area (Å²) >= 11 is 13.4. The van der Waals surface area contributed by atoms with Crippen LogP contribution >= 0.6 is 23.2 Å². The topological polar surface area (TPSA) is 124 Å². The van der Waals surface area contributed by atoms with Gasteiger partial charge in [-0.2, -0.15) is 10.5 Å². The van der Waals surface area contributed by atoms with Crippen LogP contribution in [0.1, 0.15) is 53.4 Å². The van der Waals surface area contributed by atoms with Crippen molar-refractivity contribution >= 4 is 45.5 Å². The number of ether oxygens (including phenoxy) is 1. The van der Waals surface area contributed by atoms with E-state index in [-0.39, 0.29) is 12.1 Å². The van der Waals surface area contributed by atoms with Crippen molar-refractivity contribution in [2.24, 2.45) is 0 Å². The number of hydrogen-bond acceptors (Lipinski definition) is 8. The van der Waals surface area contributed by atoms with Gasteiger partial charge in [0.2, 0.25) is 0 Å². The smallest absolute Gasteiger partial charge is 0.110 e. The Hall–Kier alpha value is -4.67. The molecule has 3 heterocycles. The van der Waals surface area contributed by atoms with Crippen molar-refractivity contribution in [3.05, 3.63) is 112 Å². The van der Waals surface area contributed by atoms with Crippen LogP contribution in [0.15, 0.2) is 79.1 Å². The molecular weight excluding hydrogens is 583 g/mol. The SMILES string of the molecule is N#CCC[C@@H](Nc1c(C#N)cnc2c(N[C@H](c3cn(C4COC4)nn3)c3ccccc3Cl)cc(Cl)cc12)c1ccccc1. The van der Waals surface area contributed by atoms with Gasteiger partial charge >= 0.3 is 0 Å². The number of rotatable bonds is 10. The van der Waals surface area contributed by atoms with Crippen LogP contribution in [-0.2, 0) is 4.74 Å². The second-order valence-electron chi connectivity index (χ2n) is 10.2. The summed E-state index contributed by atoms with van der Waals surface area (Å²) in [6, 6.07) is 24.9. The van der Waals surface area contributed by atoms with Gasteiger partial charge in [-0.3, -0.25) is 4.98 Å². The minimum absolute atomic E-state index is 0.137. The molecule has 1 saturated heterocycles. The largest absolute Gasteiger partial charge is 0.377 e. The molecule has 2 aromatic heterocycles. The van der Waals surface area contributed by atoms with E-state index in [0.717, 1.165) is 11.1 Å². The summed E-state index contributed by atoms with van der Waals surface area (Å²) in [7, 11) is 0. The lowest BCUT2D eigenvalue weighted by Crippen LogP contribution is -2.31. The van der Waals surface area contributed by atoms with Crippen LogP contribution in [0, 0.1) is 22.7 Å². The Balaban J connectivity index is 1.44. The monoisotopic (exact) mass is 608 g/mol. The van der Waals surface area contributed by atoms with Gasteiger partial charge in [-0.15, -0.1) is 5.10 Å². The van der Waals surface area contributed by atoms with E-state index in [1.807, 2.05) is 65.5 Å². The first-order chi connectivity index (χ1) is 21.1. The van der Waals surface area contributed by atoms with E-state index in [4.69, 9.17) is 27.9 Å². The van der Waals surface area contributed by atoms with Crippen LogP contribution in [-0.4, -0.2) is 33.2 Å². The summed E-state index contributed by atoms with van der Waals surface area (Å²) < 4.78 is 7.14. The second kappa shape index (κ2) is 12.7. The van der Waals surface area contributed by atoms with E-state index in [1.165, 1.54) is 0 Å². The Labute approximate surface area is 258 Å². The number of nitriles is 2. The van der Waals surface area contributed by atoms with E-state index in [1.54, 1.807) is 18.3 Å². The van der Waals surface area contributed by atoms with Gasteiger partial charge in [-0.05, 0) is 35.7 Å². The van der Waals surface area contributed by atoms with Gasteiger partial charge in [0.15, 0.2) is 0 Å². The fourth-order valence-electron chi connectivity index (χ4n) is 5.16. The lowest BCUT2D eigenvalue weighted by molar-refractivity contribution is -0.0293. The average molecular weight is 610 g/mol. The quantitative estimate of drug-likeness (QED) is 0.170. The molecule has 5 aromatic rings. The minimum Gasteiger partial charge on any atom is -0.377 e. The normalized spacial score (nSPS) is 14.3. The predicted octanol–water partition coefficient (Wildman–Crippen LogP) is 7.23. The Kier molecular flexibility index (Phi) is 8.39. The summed E-state index contributed by atoms with van der Waals surface area (Å²) in [5, 5.41) is 37.0. The molecule has 0 unspecified atom stereocenters. The van der Waals surface area contributed by atoms with Gasteiger partial charge < -0.3 is 15.4 Å². The molecule has 0 bridgehead atoms. The summed E-state index contributed by atoms with van der Waals surface area (Å²) in [5.74, 6) is 0. The first-order valence-electron chi connectivity index (χ1n) is 13.8. The summed E-state index contributed by atoms with van der Waals surface area (Å²) in [6.07, 6.45) is 4.34. The van der Waals surface area contributed by atoms with Crippen LogP contribution in [0.5, 0.6) is 0 Å². The zero-order chi connectivity index (χ0) is 29.8. The van der Waals surface area contributed by atoms with Crippen LogP contribution in [0.2, 0.25) is 10.0 Å². The van der Waals surface area contributed by atoms with Crippen molar-refractivity contribution in [3.63, 3.8) is 0 Å². The third-order valence-electron chi connectivity index (χ3n) is 7.46. The van der Waals surface area contributed by atoms with Gasteiger partial charge in [0.05, 0.1) is 60.0 Å². The Morgan fingerprint density at radius 3 is 2.53 bits per heavy atom. The van der Waals surface area contributed by atoms with E-state index < -0.39 is 6.04 Å². The number of nitrogens with zero attached hydrogens (tertiary/aromatic N) is 6. The number of halogens is 2. The maximum Gasteiger partial charge on any atom is 0.110 e. The molecule has 0 amide bonds. The van der Waals surface area contributed by atoms with Crippen LogP contribution in [0.25, 0.3) is 10.9 Å². The van der Waals surface area contributed by atoms with Crippen molar-refractivity contribution < 1.29 is 4.74 Å². The lowest BCUT2D eigenvalue weighted by Gasteiger charge is -2.25. The van der Waals surface area contributed by atoms with E-state index in [0.29, 0.717) is 69.6 Å². The van der Waals surface area contributed by atoms with Gasteiger partial charge in [0.1, 0.15) is 17.8 Å². The predicted molar refractivity (Wildman–Crippen MR) is 166 cm³/mol. The van der Waals surface area contributed by atoms with Crippen molar-refractivity contribution in [2.45, 2.75) is 31.0 Å². The molecule has 0 saturated carbocycles. The summed E-state index contributed by atoms with van der Waals surface area (Å²) in [4.78, 5) is 4.69. The molecule has 1 aliphatic rings. The second-order valence-corrected chi connectivity index (χ2v) is 11.1. The first-order valence-corrected chi connectivity index (χ1v) is 14.5. The maximum absolute atomic E-state index is 10.0. The van der Waals surface area contributed by atoms with E-state index in [2.05, 4.69) is 38.1 Å². The Morgan fingerprint density at radius 1 is 1.02 bits per heavy atom. The van der Waals surface area contributed by atoms with Gasteiger partial charge in [0, 0.05) is 28.0 Å². The highest BCUT2D eigenvalue weighted by Crippen LogP contribution is 2.39. The average Bonchev–Trinajstić information content (AvgIpc) is 3.47. The molecule has 2 atom stereocenters. The lowest BCUT2D eigenvalue weighted by atomic mass is 10.00. The van der Waals surface area contributed by atoms with Gasteiger partial charge in [0.25, 0.3) is 0 Å². The standard InChI is InChI=1S/C32H26Cl2N8O/c33-22-13-25-30(38-27(11-6-12-35)20-7-2-1-3-8-20)21(15-36)16-37-31(25)28(14-22)39-32(24-9-4-5-10-26(24)34)29-17-42(41-40-29)23-18-43-19-23/h1-5,7-10,13-14,16-17,23,27,32,39H,6,11,18-19H2,(H,37,38)/t27-,32+/m1/s1. The first kappa shape index (κ1) is 28.4. The van der Waals surface area contributed by atoms with Crippen LogP contribution in [0.4, 0.5) is 11.4 Å². The summed E-state index contributed by atoms with van der Waals surface area (Å²) in [6.45, 7) is 1.18. The number of fused-ring (bicyclic) bond motifs is 1. The highest BCUT2D eigenvalue weighted by atomic mass is 35.5. The summed E-state index contributed by atoms with van der Waals surface area (Å²) in [5.41, 5.74) is 4.68. The van der Waals surface area contributed by atoms with Gasteiger partial charge in [-0.1, -0.05) is 76.9 Å². The van der Waals surface area contributed by atoms with E-state index in [9.17, 15) is 10.5 Å². The maximum atomic E-state index is 10.0. The fraction of sp³-hybridized carbons (Fsp3) is 0.219. The molecule has 9 nitrogen and oxygen atoms in total. The molecule has 43 heavy (non-hydrogen) atoms. The van der Waals surface area contributed by atoms with Crippen molar-refractivity contribution in [3.8, 4) is 12.1 Å². The molecule has 0 radical (unpaired) electrons. The van der Waals surface area contributed by atoms with Crippen molar-refractivity contribution in [1.29, 1.82) is 10.5 Å². The molecule has 11 heteroatoms. The molecule has 1 aliphatic heterocycles. The van der Waals surface area contributed by atoms with E-state index >= 15 is 0 Å². The molecule has 214 valence electrons. The van der Waals surface area contributed by atoms with Crippen LogP contribution in [0.3, 0.4) is 0 Å². The number of anilines is 2. The highest BCUT2D eigenvalue weighted by molar-refractivity contribution is 6.32. The van der Waals surface area contributed by atoms with Crippen LogP contribution < -0.4 is 10.6 Å². The minimum atomic E-state index is -0.480. The number of nitrogens with one attached hydrogen (secondary N) is 2. The number of aromatic nitrogens is 4. The molecule has 0 aliphatic carbocycles. The third-order valence-corrected chi connectivity index (χ3v) is 8.02. The Bertz CT molecular complexity index is 1840. The zero-order valence-corrected chi connectivity index (χ0v) is 24.4. The molecule has 2 N–H and O–H groups in total. The fourth-order valence-corrected chi connectivity index (χ4v) is 5.62. The van der Waals surface area contributed by atoms with Gasteiger partial charge in [-0.25, -0.2) is 4.68 Å². The molecule has 1 fully saturated rings. The third kappa shape index (κ3) is 5.97. The van der Waals surface area contributed by atoms with Crippen molar-refractivity contribution in [2.75, 3.05) is 23.8 Å². The van der Waals surface area contributed by atoms with Crippen molar-refractivity contribution in [1.82, 2.24) is 20.0 Å². The highest BCUT2D eigenvalue weighted by Gasteiger charge is 2.27. The zero-order valence-electron chi connectivity index (χ0n) is 22.9. The molecule has 3 aromatic carbocycles.